The van der Waals surface area contributed by atoms with E-state index in [0.717, 1.165) is 0 Å². The first-order valence-corrected chi connectivity index (χ1v) is 31.8. The van der Waals surface area contributed by atoms with Crippen LogP contribution in [0.1, 0.15) is 51.5 Å². The van der Waals surface area contributed by atoms with Gasteiger partial charge in [-0.15, -0.1) is 0 Å². The number of hydrogen-bond donors (Lipinski definition) is 4. The number of ether oxygens (including phenoxy) is 8. The molecule has 4 amide bonds. The van der Waals surface area contributed by atoms with Crippen molar-refractivity contribution in [1.29, 1.82) is 0 Å². The largest absolute Gasteiger partial charge is 0.496 e. The van der Waals surface area contributed by atoms with Crippen LogP contribution >= 0.6 is 0 Å². The topological polar surface area (TPSA) is 190 Å². The lowest BCUT2D eigenvalue weighted by Crippen LogP contribution is -2.45. The van der Waals surface area contributed by atoms with E-state index in [2.05, 4.69) is 60.7 Å². The standard InChI is InChI=1S/C83H80N4O12/c1-11-55(4)75(79(88)84-59-31-21-15-22-32-59)67-47-63(39-43-71(67)92-7)96-51-83(52-97-64-40-44-72(93-8)68(48-64)76(56(5)12-2)80(89)85-60-33-23-16-24-34-60,53-98-65-41-45-73(94-9)69(49-65)77(57(6)13-3)81(90)86-61-35-25-17-26-36-61)54-99-66-42-46-74(95-10)70(50-66)78(58-29-19-14-20-30-58)82(91)87-62-37-27-18-28-38-62/h11-50,75-78H,1-6,51-54H2,7-10H3,(H,84,88)(H,85,89)(H,86,90)(H,87,91). The Morgan fingerprint density at radius 1 is 0.343 bits per heavy atom. The number of allylic oxidation sites excluding steroid dienone is 3. The summed E-state index contributed by atoms with van der Waals surface area (Å²) in [6, 6.07) is 66.3. The fraction of sp³-hybridized carbons (Fsp3) is 0.157. The highest BCUT2D eigenvalue weighted by Gasteiger charge is 2.38. The lowest BCUT2D eigenvalue weighted by molar-refractivity contribution is -0.117. The summed E-state index contributed by atoms with van der Waals surface area (Å²) in [6.07, 6.45) is 4.56. The number of amides is 4. The Balaban J connectivity index is 1.19. The Bertz CT molecular complexity index is 4020. The van der Waals surface area contributed by atoms with E-state index >= 15 is 0 Å². The summed E-state index contributed by atoms with van der Waals surface area (Å²) < 4.78 is 51.8. The van der Waals surface area contributed by atoms with Crippen molar-refractivity contribution >= 4 is 46.4 Å². The molecule has 16 nitrogen and oxygen atoms in total. The van der Waals surface area contributed by atoms with Crippen LogP contribution < -0.4 is 59.2 Å². The first-order valence-electron chi connectivity index (χ1n) is 31.8. The van der Waals surface area contributed by atoms with Gasteiger partial charge in [0.25, 0.3) is 0 Å². The number of para-hydroxylation sites is 4. The normalized spacial score (nSPS) is 12.5. The van der Waals surface area contributed by atoms with Crippen LogP contribution in [0.5, 0.6) is 46.0 Å². The summed E-state index contributed by atoms with van der Waals surface area (Å²) in [5.41, 5.74) is 4.52. The summed E-state index contributed by atoms with van der Waals surface area (Å²) in [4.78, 5) is 58.1. The molecule has 0 spiro atoms. The molecule has 0 saturated heterocycles. The van der Waals surface area contributed by atoms with E-state index in [-0.39, 0.29) is 32.3 Å². The first-order chi connectivity index (χ1) is 48.1. The van der Waals surface area contributed by atoms with Crippen LogP contribution in [0.15, 0.2) is 299 Å². The van der Waals surface area contributed by atoms with Crippen molar-refractivity contribution < 1.29 is 57.1 Å². The van der Waals surface area contributed by atoms with Gasteiger partial charge in [-0.1, -0.05) is 161 Å². The summed E-state index contributed by atoms with van der Waals surface area (Å²) in [5, 5.41) is 12.1. The summed E-state index contributed by atoms with van der Waals surface area (Å²) in [7, 11) is 6.06. The monoisotopic (exact) mass is 1320 g/mol. The van der Waals surface area contributed by atoms with Crippen LogP contribution in [0.25, 0.3) is 0 Å². The molecule has 0 saturated carbocycles. The minimum Gasteiger partial charge on any atom is -0.496 e. The highest BCUT2D eigenvalue weighted by Crippen LogP contribution is 2.42. The third-order valence-electron chi connectivity index (χ3n) is 16.5. The maximum Gasteiger partial charge on any atom is 0.236 e. The molecule has 9 rings (SSSR count). The summed E-state index contributed by atoms with van der Waals surface area (Å²) >= 11 is 0. The zero-order valence-corrected chi connectivity index (χ0v) is 55.9. The van der Waals surface area contributed by atoms with E-state index in [1.165, 1.54) is 46.7 Å². The van der Waals surface area contributed by atoms with Gasteiger partial charge in [-0.2, -0.15) is 0 Å². The average Bonchev–Trinajstić information content (AvgIpc) is 0.812. The van der Waals surface area contributed by atoms with Gasteiger partial charge in [0.05, 0.1) is 52.1 Å². The molecule has 4 atom stereocenters. The molecule has 9 aromatic rings. The minimum atomic E-state index is -1.40. The second kappa shape index (κ2) is 34.4. The van der Waals surface area contributed by atoms with Crippen molar-refractivity contribution in [2.45, 2.75) is 23.7 Å². The molecule has 0 aliphatic rings. The second-order valence-electron chi connectivity index (χ2n) is 23.2. The van der Waals surface area contributed by atoms with E-state index in [9.17, 15) is 19.2 Å². The maximum atomic E-state index is 14.7. The molecule has 0 radical (unpaired) electrons. The van der Waals surface area contributed by atoms with Gasteiger partial charge < -0.3 is 59.2 Å². The van der Waals surface area contributed by atoms with Gasteiger partial charge in [0, 0.05) is 45.0 Å². The molecule has 4 N–H and O–H groups in total. The third-order valence-corrected chi connectivity index (χ3v) is 16.5. The van der Waals surface area contributed by atoms with Crippen LogP contribution in [0, 0.1) is 5.41 Å². The number of rotatable bonds is 35. The molecule has 0 bridgehead atoms. The molecule has 0 aromatic heterocycles. The van der Waals surface area contributed by atoms with Crippen molar-refractivity contribution in [3.8, 4) is 46.0 Å². The molecule has 0 fully saturated rings. The zero-order valence-electron chi connectivity index (χ0n) is 55.9. The number of hydrogen-bond acceptors (Lipinski definition) is 12. The molecule has 0 aliphatic carbocycles. The highest BCUT2D eigenvalue weighted by molar-refractivity contribution is 6.01. The SMILES string of the molecule is C=CC(=C)C(C(=O)Nc1ccccc1)c1cc(OCC(COc2ccc(OC)c(C(C(=C)C=C)C(=O)Nc3ccccc3)c2)(COc2ccc(OC)c(C(C(=C)C=C)C(=O)Nc3ccccc3)c2)COc2ccc(OC)c(C(C(=O)Nc3ccccc3)c3ccccc3)c2)ccc1OC. The number of carbonyl (C=O) groups excluding carboxylic acids is 4. The minimum absolute atomic E-state index is 0.222. The lowest BCUT2D eigenvalue weighted by Gasteiger charge is -2.34. The number of nitrogens with one attached hydrogen (secondary N) is 4. The van der Waals surface area contributed by atoms with Crippen LogP contribution in [-0.2, 0) is 19.2 Å². The summed E-state index contributed by atoms with van der Waals surface area (Å²) in [5.74, 6) is -2.66. The summed E-state index contributed by atoms with van der Waals surface area (Å²) in [6.45, 7) is 23.8. The van der Waals surface area contributed by atoms with E-state index in [0.29, 0.717) is 113 Å². The van der Waals surface area contributed by atoms with Crippen LogP contribution in [0.4, 0.5) is 22.7 Å². The molecule has 99 heavy (non-hydrogen) atoms. The van der Waals surface area contributed by atoms with Crippen LogP contribution in [-0.4, -0.2) is 78.5 Å². The first kappa shape index (κ1) is 71.0. The molecule has 16 heteroatoms. The van der Waals surface area contributed by atoms with E-state index in [4.69, 9.17) is 37.9 Å². The lowest BCUT2D eigenvalue weighted by atomic mass is 9.89. The fourth-order valence-corrected chi connectivity index (χ4v) is 11.2. The third kappa shape index (κ3) is 18.2. The number of benzene rings is 9. The molecular weight excluding hydrogens is 1240 g/mol. The van der Waals surface area contributed by atoms with Gasteiger partial charge in [-0.05, 0) is 144 Å². The van der Waals surface area contributed by atoms with Gasteiger partial charge >= 0.3 is 0 Å². The van der Waals surface area contributed by atoms with Gasteiger partial charge in [-0.25, -0.2) is 0 Å². The van der Waals surface area contributed by atoms with E-state index in [1.54, 1.807) is 109 Å². The van der Waals surface area contributed by atoms with Crippen molar-refractivity contribution in [2.24, 2.45) is 5.41 Å². The van der Waals surface area contributed by atoms with Crippen LogP contribution in [0.3, 0.4) is 0 Å². The van der Waals surface area contributed by atoms with E-state index < -0.39 is 46.8 Å². The van der Waals surface area contributed by atoms with Crippen molar-refractivity contribution in [1.82, 2.24) is 0 Å². The molecule has 0 aliphatic heterocycles. The van der Waals surface area contributed by atoms with Crippen molar-refractivity contribution in [3.05, 3.63) is 327 Å². The molecule has 4 unspecified atom stereocenters. The molecule has 0 heterocycles. The van der Waals surface area contributed by atoms with Crippen molar-refractivity contribution in [3.63, 3.8) is 0 Å². The number of methoxy groups -OCH3 is 4. The van der Waals surface area contributed by atoms with Crippen molar-refractivity contribution in [2.75, 3.05) is 76.1 Å². The molecule has 504 valence electrons. The fourth-order valence-electron chi connectivity index (χ4n) is 11.2. The quantitative estimate of drug-likeness (QED) is 0.0275. The molecule has 9 aromatic carbocycles. The number of carbonyl (C=O) groups is 4. The maximum absolute atomic E-state index is 14.7. The van der Waals surface area contributed by atoms with Gasteiger partial charge in [-0.3, -0.25) is 19.2 Å². The Morgan fingerprint density at radius 3 is 0.848 bits per heavy atom. The predicted octanol–water partition coefficient (Wildman–Crippen LogP) is 16.5. The predicted molar refractivity (Wildman–Crippen MR) is 391 cm³/mol. The Morgan fingerprint density at radius 2 is 0.586 bits per heavy atom. The van der Waals surface area contributed by atoms with Gasteiger partial charge in [0.1, 0.15) is 77.8 Å². The zero-order chi connectivity index (χ0) is 70.3. The Kier molecular flexibility index (Phi) is 24.7. The van der Waals surface area contributed by atoms with Gasteiger partial charge in [0.15, 0.2) is 0 Å². The highest BCUT2D eigenvalue weighted by atomic mass is 16.5. The second-order valence-corrected chi connectivity index (χ2v) is 23.2. The van der Waals surface area contributed by atoms with Gasteiger partial charge in [0.2, 0.25) is 23.6 Å². The van der Waals surface area contributed by atoms with Crippen LogP contribution in [0.2, 0.25) is 0 Å². The van der Waals surface area contributed by atoms with E-state index in [1.807, 2.05) is 115 Å². The molecular formula is C83H80N4O12. The number of anilines is 4. The smallest absolute Gasteiger partial charge is 0.236 e. The Hall–Kier alpha value is -12.3. The average molecular weight is 1330 g/mol. The Labute approximate surface area is 578 Å².